The van der Waals surface area contributed by atoms with E-state index in [-0.39, 0.29) is 0 Å². The van der Waals surface area contributed by atoms with Crippen LogP contribution < -0.4 is 0 Å². The molecular formula is C14H14O4. The van der Waals surface area contributed by atoms with E-state index in [4.69, 9.17) is 10.2 Å². The summed E-state index contributed by atoms with van der Waals surface area (Å²) in [6.45, 7) is 10.1. The summed E-state index contributed by atoms with van der Waals surface area (Å²) in [7, 11) is 0. The van der Waals surface area contributed by atoms with Gasteiger partial charge in [-0.05, 0) is 11.1 Å². The Morgan fingerprint density at radius 1 is 0.944 bits per heavy atom. The van der Waals surface area contributed by atoms with Crippen molar-refractivity contribution in [3.8, 4) is 0 Å². The van der Waals surface area contributed by atoms with Gasteiger partial charge in [-0.15, -0.1) is 0 Å². The molecule has 1 aromatic rings. The van der Waals surface area contributed by atoms with Gasteiger partial charge in [0.15, 0.2) is 0 Å². The van der Waals surface area contributed by atoms with Gasteiger partial charge in [-0.2, -0.15) is 0 Å². The van der Waals surface area contributed by atoms with Crippen LogP contribution in [0.25, 0.3) is 12.2 Å². The normalized spacial score (nSPS) is 8.44. The molecule has 0 atom stereocenters. The molecule has 4 heteroatoms. The van der Waals surface area contributed by atoms with Crippen LogP contribution in [0.1, 0.15) is 11.1 Å². The molecule has 18 heavy (non-hydrogen) atoms. The first-order valence-electron chi connectivity index (χ1n) is 4.93. The maximum atomic E-state index is 9.66. The molecule has 2 N–H and O–H groups in total. The van der Waals surface area contributed by atoms with Crippen LogP contribution in [0.3, 0.4) is 0 Å². The van der Waals surface area contributed by atoms with Gasteiger partial charge in [-0.1, -0.05) is 56.2 Å². The number of rotatable bonds is 4. The van der Waals surface area contributed by atoms with Crippen molar-refractivity contribution < 1.29 is 19.8 Å². The average molecular weight is 246 g/mol. The molecule has 0 aliphatic rings. The smallest absolute Gasteiger partial charge is 0.342 e. The number of aliphatic carboxylic acids is 2. The van der Waals surface area contributed by atoms with Crippen LogP contribution in [-0.4, -0.2) is 22.2 Å². The van der Waals surface area contributed by atoms with Crippen LogP contribution in [0.15, 0.2) is 49.6 Å². The van der Waals surface area contributed by atoms with Crippen molar-refractivity contribution >= 4 is 24.1 Å². The fourth-order valence-electron chi connectivity index (χ4n) is 0.974. The molecule has 0 aliphatic carbocycles. The highest BCUT2D eigenvalue weighted by molar-refractivity contribution is 6.11. The maximum absolute atomic E-state index is 9.66. The molecule has 0 fully saturated rings. The molecule has 0 radical (unpaired) electrons. The molecule has 0 saturated heterocycles. The molecular weight excluding hydrogens is 232 g/mol. The number of hydrogen-bond donors (Lipinski definition) is 2. The first-order valence-corrected chi connectivity index (χ1v) is 4.93. The predicted octanol–water partition coefficient (Wildman–Crippen LogP) is 2.68. The highest BCUT2D eigenvalue weighted by Gasteiger charge is 2.10. The van der Waals surface area contributed by atoms with Crippen molar-refractivity contribution in [1.82, 2.24) is 0 Å². The first kappa shape index (κ1) is 15.4. The summed E-state index contributed by atoms with van der Waals surface area (Å²) in [4.78, 5) is 19.3. The molecule has 0 bridgehead atoms. The zero-order valence-corrected chi connectivity index (χ0v) is 9.80. The molecule has 4 nitrogen and oxygen atoms in total. The fourth-order valence-corrected chi connectivity index (χ4v) is 0.974. The van der Waals surface area contributed by atoms with Crippen molar-refractivity contribution in [2.45, 2.75) is 0 Å². The van der Waals surface area contributed by atoms with Crippen LogP contribution in [0, 0.1) is 0 Å². The van der Waals surface area contributed by atoms with Crippen LogP contribution >= 0.6 is 0 Å². The lowest BCUT2D eigenvalue weighted by atomic mass is 10.1. The lowest BCUT2D eigenvalue weighted by molar-refractivity contribution is -0.140. The Labute approximate surface area is 105 Å². The monoisotopic (exact) mass is 246 g/mol. The molecule has 0 heterocycles. The summed E-state index contributed by atoms with van der Waals surface area (Å²) in [6.07, 6.45) is 3.66. The van der Waals surface area contributed by atoms with E-state index >= 15 is 0 Å². The van der Waals surface area contributed by atoms with Gasteiger partial charge < -0.3 is 10.2 Å². The Morgan fingerprint density at radius 2 is 1.28 bits per heavy atom. The van der Waals surface area contributed by atoms with Crippen LogP contribution in [0.4, 0.5) is 0 Å². The Hall–Kier alpha value is -2.62. The van der Waals surface area contributed by atoms with Gasteiger partial charge in [-0.3, -0.25) is 0 Å². The molecule has 0 spiro atoms. The second-order valence-corrected chi connectivity index (χ2v) is 3.13. The third-order valence-electron chi connectivity index (χ3n) is 1.95. The topological polar surface area (TPSA) is 74.6 Å². The van der Waals surface area contributed by atoms with Crippen molar-refractivity contribution in [1.29, 1.82) is 0 Å². The van der Waals surface area contributed by atoms with Gasteiger partial charge in [-0.25, -0.2) is 9.59 Å². The number of hydrogen-bond acceptors (Lipinski definition) is 2. The van der Waals surface area contributed by atoms with E-state index < -0.39 is 17.5 Å². The number of carboxylic acid groups (broad SMARTS) is 2. The summed E-state index contributed by atoms with van der Waals surface area (Å²) in [5, 5.41) is 15.7. The van der Waals surface area contributed by atoms with E-state index in [1.165, 1.54) is 0 Å². The molecule has 0 unspecified atom stereocenters. The van der Waals surface area contributed by atoms with Gasteiger partial charge in [0.1, 0.15) is 5.57 Å². The first-order chi connectivity index (χ1) is 8.43. The predicted molar refractivity (Wildman–Crippen MR) is 71.0 cm³/mol. The van der Waals surface area contributed by atoms with E-state index in [9.17, 15) is 9.59 Å². The minimum atomic E-state index is -1.50. The van der Waals surface area contributed by atoms with Gasteiger partial charge in [0.2, 0.25) is 0 Å². The maximum Gasteiger partial charge on any atom is 0.342 e. The third-order valence-corrected chi connectivity index (χ3v) is 1.95. The largest absolute Gasteiger partial charge is 0.477 e. The third kappa shape index (κ3) is 4.94. The van der Waals surface area contributed by atoms with Gasteiger partial charge >= 0.3 is 11.9 Å². The highest BCUT2D eigenvalue weighted by atomic mass is 16.4. The minimum Gasteiger partial charge on any atom is -0.477 e. The summed E-state index contributed by atoms with van der Waals surface area (Å²) in [5.41, 5.74) is 1.46. The Balaban J connectivity index is 0.000000331. The van der Waals surface area contributed by atoms with Gasteiger partial charge in [0.25, 0.3) is 0 Å². The van der Waals surface area contributed by atoms with Crippen LogP contribution in [0.2, 0.25) is 0 Å². The van der Waals surface area contributed by atoms with Crippen molar-refractivity contribution in [3.63, 3.8) is 0 Å². The summed E-state index contributed by atoms with van der Waals surface area (Å²) in [5.74, 6) is -3.00. The molecule has 0 saturated carbocycles. The Kier molecular flexibility index (Phi) is 6.51. The standard InChI is InChI=1S/C10H10.C4H4O4/c1-3-9-7-5-6-8-10(9)4-2;1-2(3(5)6)4(7)8/h3-8H,1-2H2;1H2,(H,5,6)(H,7,8). The molecule has 1 rings (SSSR count). The zero-order valence-electron chi connectivity index (χ0n) is 9.80. The minimum absolute atomic E-state index is 0.815. The lowest BCUT2D eigenvalue weighted by Gasteiger charge is -1.96. The molecule has 0 aromatic heterocycles. The SMILES string of the molecule is C=C(C(=O)O)C(=O)O.C=Cc1ccccc1C=C. The fraction of sp³-hybridized carbons (Fsp3) is 0. The average Bonchev–Trinajstić information content (AvgIpc) is 2.38. The zero-order chi connectivity index (χ0) is 14.1. The number of carboxylic acids is 2. The van der Waals surface area contributed by atoms with E-state index in [0.29, 0.717) is 0 Å². The Morgan fingerprint density at radius 3 is 1.44 bits per heavy atom. The molecule has 0 aliphatic heterocycles. The van der Waals surface area contributed by atoms with Gasteiger partial charge in [0, 0.05) is 0 Å². The van der Waals surface area contributed by atoms with Crippen molar-refractivity contribution in [2.24, 2.45) is 0 Å². The van der Waals surface area contributed by atoms with Crippen molar-refractivity contribution in [2.75, 3.05) is 0 Å². The van der Waals surface area contributed by atoms with Crippen molar-refractivity contribution in [3.05, 3.63) is 60.7 Å². The van der Waals surface area contributed by atoms with E-state index in [2.05, 4.69) is 19.7 Å². The lowest BCUT2D eigenvalue weighted by Crippen LogP contribution is -2.08. The quantitative estimate of drug-likeness (QED) is 0.486. The molecule has 94 valence electrons. The second-order valence-electron chi connectivity index (χ2n) is 3.13. The van der Waals surface area contributed by atoms with E-state index in [0.717, 1.165) is 11.1 Å². The summed E-state index contributed by atoms with van der Waals surface area (Å²) in [6, 6.07) is 8.02. The van der Waals surface area contributed by atoms with E-state index in [1.54, 1.807) is 0 Å². The van der Waals surface area contributed by atoms with Crippen LogP contribution in [0.5, 0.6) is 0 Å². The summed E-state index contributed by atoms with van der Waals surface area (Å²) >= 11 is 0. The van der Waals surface area contributed by atoms with Crippen LogP contribution in [-0.2, 0) is 9.59 Å². The second kappa shape index (κ2) is 7.62. The highest BCUT2D eigenvalue weighted by Crippen LogP contribution is 2.10. The van der Waals surface area contributed by atoms with E-state index in [1.807, 2.05) is 36.4 Å². The number of benzene rings is 1. The molecule has 1 aromatic carbocycles. The Bertz CT molecular complexity index is 443. The molecule has 0 amide bonds. The number of carbonyl (C=O) groups is 2. The van der Waals surface area contributed by atoms with Gasteiger partial charge in [0.05, 0.1) is 0 Å². The summed E-state index contributed by atoms with van der Waals surface area (Å²) < 4.78 is 0.